The zero-order valence-electron chi connectivity index (χ0n) is 16.8. The van der Waals surface area contributed by atoms with E-state index in [0.717, 1.165) is 0 Å². The highest BCUT2D eigenvalue weighted by atomic mass is 35.5. The normalized spacial score (nSPS) is 12.9. The van der Waals surface area contributed by atoms with Crippen LogP contribution in [0.25, 0.3) is 0 Å². The molecule has 2 atom stereocenters. The number of hydrogen-bond acceptors (Lipinski definition) is 4. The summed E-state index contributed by atoms with van der Waals surface area (Å²) in [5.74, 6) is -0.434. The van der Waals surface area contributed by atoms with Crippen LogP contribution in [0, 0.1) is 5.92 Å². The smallest absolute Gasteiger partial charge is 0.255 e. The van der Waals surface area contributed by atoms with E-state index in [2.05, 4.69) is 10.6 Å². The van der Waals surface area contributed by atoms with Crippen LogP contribution >= 0.6 is 11.6 Å². The number of halogens is 1. The lowest BCUT2D eigenvalue weighted by atomic mass is 10.0. The van der Waals surface area contributed by atoms with E-state index in [1.807, 2.05) is 20.8 Å². The monoisotopic (exact) mass is 418 g/mol. The number of aliphatic hydroxyl groups is 1. The van der Waals surface area contributed by atoms with Gasteiger partial charge >= 0.3 is 0 Å². The fraction of sp³-hybridized carbons (Fsp3) is 0.364. The Labute approximate surface area is 176 Å². The van der Waals surface area contributed by atoms with Crippen molar-refractivity contribution in [1.29, 1.82) is 0 Å². The van der Waals surface area contributed by atoms with Crippen LogP contribution in [0.4, 0.5) is 0 Å². The summed E-state index contributed by atoms with van der Waals surface area (Å²) in [5.41, 5.74) is 1.01. The Balaban J connectivity index is 2.02. The number of aliphatic hydroxyl groups excluding tert-OH is 1. The molecule has 0 saturated carbocycles. The summed E-state index contributed by atoms with van der Waals surface area (Å²) in [4.78, 5) is 25.4. The van der Waals surface area contributed by atoms with E-state index in [4.69, 9.17) is 16.3 Å². The highest BCUT2D eigenvalue weighted by molar-refractivity contribution is 6.30. The van der Waals surface area contributed by atoms with Crippen molar-refractivity contribution in [2.24, 2.45) is 5.92 Å². The zero-order chi connectivity index (χ0) is 21.4. The molecule has 0 aliphatic heterocycles. The number of rotatable bonds is 9. The molecule has 0 radical (unpaired) electrons. The molecule has 0 spiro atoms. The molecule has 29 heavy (non-hydrogen) atoms. The number of benzene rings is 2. The highest BCUT2D eigenvalue weighted by Crippen LogP contribution is 2.19. The number of nitrogens with one attached hydrogen (secondary N) is 2. The van der Waals surface area contributed by atoms with Crippen LogP contribution < -0.4 is 15.4 Å². The molecule has 0 bridgehead atoms. The Bertz CT molecular complexity index is 824. The molecule has 0 aliphatic carbocycles. The zero-order valence-corrected chi connectivity index (χ0v) is 17.6. The maximum absolute atomic E-state index is 12.7. The van der Waals surface area contributed by atoms with Crippen LogP contribution in [0.3, 0.4) is 0 Å². The second kappa shape index (κ2) is 10.8. The van der Waals surface area contributed by atoms with Crippen LogP contribution in [-0.2, 0) is 4.79 Å². The number of hydrogen-bond donors (Lipinski definition) is 3. The molecule has 2 unspecified atom stereocenters. The van der Waals surface area contributed by atoms with Crippen molar-refractivity contribution in [3.05, 3.63) is 64.7 Å². The van der Waals surface area contributed by atoms with Gasteiger partial charge in [-0.1, -0.05) is 49.7 Å². The summed E-state index contributed by atoms with van der Waals surface area (Å²) in [6.07, 6.45) is -0.876. The van der Waals surface area contributed by atoms with E-state index in [0.29, 0.717) is 28.5 Å². The van der Waals surface area contributed by atoms with Gasteiger partial charge in [0, 0.05) is 11.6 Å². The van der Waals surface area contributed by atoms with E-state index in [1.165, 1.54) is 0 Å². The van der Waals surface area contributed by atoms with Crippen LogP contribution in [-0.4, -0.2) is 36.1 Å². The van der Waals surface area contributed by atoms with E-state index >= 15 is 0 Å². The first-order valence-electron chi connectivity index (χ1n) is 9.57. The fourth-order valence-corrected chi connectivity index (χ4v) is 2.93. The van der Waals surface area contributed by atoms with Gasteiger partial charge in [-0.05, 0) is 42.7 Å². The second-order valence-electron chi connectivity index (χ2n) is 6.94. The van der Waals surface area contributed by atoms with Gasteiger partial charge in [-0.25, -0.2) is 0 Å². The van der Waals surface area contributed by atoms with Gasteiger partial charge in [-0.3, -0.25) is 9.59 Å². The van der Waals surface area contributed by atoms with Gasteiger partial charge in [0.15, 0.2) is 0 Å². The summed E-state index contributed by atoms with van der Waals surface area (Å²) in [7, 11) is 0. The average molecular weight is 419 g/mol. The fourth-order valence-electron chi connectivity index (χ4n) is 2.80. The molecule has 3 N–H and O–H groups in total. The average Bonchev–Trinajstić information content (AvgIpc) is 2.70. The third-order valence-electron chi connectivity index (χ3n) is 4.39. The Kier molecular flexibility index (Phi) is 8.49. The molecular weight excluding hydrogens is 392 g/mol. The molecule has 0 heterocycles. The van der Waals surface area contributed by atoms with E-state index in [-0.39, 0.29) is 24.3 Å². The predicted molar refractivity (Wildman–Crippen MR) is 113 cm³/mol. The van der Waals surface area contributed by atoms with Gasteiger partial charge in [-0.2, -0.15) is 0 Å². The minimum atomic E-state index is -0.876. The molecule has 2 aromatic rings. The van der Waals surface area contributed by atoms with Crippen molar-refractivity contribution < 1.29 is 19.4 Å². The van der Waals surface area contributed by atoms with E-state index in [1.54, 1.807) is 48.5 Å². The Hall–Kier alpha value is -2.57. The molecule has 0 aromatic heterocycles. The first-order valence-corrected chi connectivity index (χ1v) is 9.95. The summed E-state index contributed by atoms with van der Waals surface area (Å²) in [5, 5.41) is 16.3. The predicted octanol–water partition coefficient (Wildman–Crippen LogP) is 3.34. The first-order chi connectivity index (χ1) is 13.8. The molecule has 156 valence electrons. The Morgan fingerprint density at radius 3 is 2.38 bits per heavy atom. The van der Waals surface area contributed by atoms with E-state index in [9.17, 15) is 14.7 Å². The second-order valence-corrected chi connectivity index (χ2v) is 7.37. The maximum atomic E-state index is 12.7. The Morgan fingerprint density at radius 1 is 1.10 bits per heavy atom. The van der Waals surface area contributed by atoms with Crippen molar-refractivity contribution in [3.8, 4) is 5.75 Å². The molecule has 0 saturated heterocycles. The molecule has 0 aliphatic rings. The van der Waals surface area contributed by atoms with Gasteiger partial charge in [0.25, 0.3) is 5.91 Å². The quantitative estimate of drug-likeness (QED) is 0.582. The lowest BCUT2D eigenvalue weighted by Gasteiger charge is -2.23. The highest BCUT2D eigenvalue weighted by Gasteiger charge is 2.26. The minimum absolute atomic E-state index is 0.0229. The van der Waals surface area contributed by atoms with Gasteiger partial charge in [0.2, 0.25) is 5.91 Å². The minimum Gasteiger partial charge on any atom is -0.493 e. The van der Waals surface area contributed by atoms with Crippen LogP contribution in [0.15, 0.2) is 48.5 Å². The Morgan fingerprint density at radius 2 is 1.76 bits per heavy atom. The van der Waals surface area contributed by atoms with Crippen molar-refractivity contribution in [1.82, 2.24) is 10.6 Å². The van der Waals surface area contributed by atoms with Crippen LogP contribution in [0.5, 0.6) is 5.75 Å². The summed E-state index contributed by atoms with van der Waals surface area (Å²) in [6, 6.07) is 12.9. The topological polar surface area (TPSA) is 87.7 Å². The molecule has 2 aromatic carbocycles. The van der Waals surface area contributed by atoms with Gasteiger partial charge in [-0.15, -0.1) is 0 Å². The van der Waals surface area contributed by atoms with Gasteiger partial charge in [0.05, 0.1) is 18.3 Å². The summed E-state index contributed by atoms with van der Waals surface area (Å²) < 4.78 is 5.49. The molecular formula is C22H27ClN2O4. The number of ether oxygens (including phenoxy) is 1. The van der Waals surface area contributed by atoms with Crippen LogP contribution in [0.1, 0.15) is 42.8 Å². The van der Waals surface area contributed by atoms with Crippen LogP contribution in [0.2, 0.25) is 5.02 Å². The van der Waals surface area contributed by atoms with Gasteiger partial charge < -0.3 is 20.5 Å². The van der Waals surface area contributed by atoms with Crippen molar-refractivity contribution in [3.63, 3.8) is 0 Å². The number of carbonyl (C=O) groups excluding carboxylic acids is 2. The largest absolute Gasteiger partial charge is 0.493 e. The van der Waals surface area contributed by atoms with Crippen molar-refractivity contribution in [2.45, 2.75) is 32.9 Å². The lowest BCUT2D eigenvalue weighted by Crippen LogP contribution is -2.50. The number of amides is 2. The standard InChI is InChI=1S/C22H27ClN2O4/c1-4-29-19-8-6-5-7-17(19)21(27)25-20(14(2)3)22(28)24-13-18(26)15-9-11-16(23)12-10-15/h5-12,14,18,20,26H,4,13H2,1-3H3,(H,24,28)(H,25,27). The third kappa shape index (κ3) is 6.48. The molecule has 2 rings (SSSR count). The van der Waals surface area contributed by atoms with E-state index < -0.39 is 12.1 Å². The van der Waals surface area contributed by atoms with Gasteiger partial charge in [0.1, 0.15) is 11.8 Å². The lowest BCUT2D eigenvalue weighted by molar-refractivity contribution is -0.124. The molecule has 2 amide bonds. The number of para-hydroxylation sites is 1. The summed E-state index contributed by atoms with van der Waals surface area (Å²) in [6.45, 7) is 5.98. The molecule has 7 heteroatoms. The number of carbonyl (C=O) groups is 2. The SMILES string of the molecule is CCOc1ccccc1C(=O)NC(C(=O)NCC(O)c1ccc(Cl)cc1)C(C)C. The molecule has 0 fully saturated rings. The van der Waals surface area contributed by atoms with Crippen molar-refractivity contribution >= 4 is 23.4 Å². The molecule has 6 nitrogen and oxygen atoms in total. The van der Waals surface area contributed by atoms with Crippen molar-refractivity contribution in [2.75, 3.05) is 13.2 Å². The first kappa shape index (κ1) is 22.7. The third-order valence-corrected chi connectivity index (χ3v) is 4.64. The maximum Gasteiger partial charge on any atom is 0.255 e. The summed E-state index contributed by atoms with van der Waals surface area (Å²) >= 11 is 5.85.